The molecule has 0 saturated heterocycles. The summed E-state index contributed by atoms with van der Waals surface area (Å²) in [7, 11) is 0. The van der Waals surface area contributed by atoms with Gasteiger partial charge in [0.15, 0.2) is 0 Å². The molecule has 0 atom stereocenters. The quantitative estimate of drug-likeness (QED) is 0.604. The van der Waals surface area contributed by atoms with Crippen LogP contribution in [0.3, 0.4) is 0 Å². The van der Waals surface area contributed by atoms with Gasteiger partial charge in [0.25, 0.3) is 0 Å². The first kappa shape index (κ1) is 16.1. The van der Waals surface area contributed by atoms with E-state index in [4.69, 9.17) is 17.0 Å². The van der Waals surface area contributed by atoms with Crippen LogP contribution in [0.1, 0.15) is 63.9 Å². The summed E-state index contributed by atoms with van der Waals surface area (Å²) >= 11 is 8.93. The number of halogens is 1. The summed E-state index contributed by atoms with van der Waals surface area (Å²) in [4.78, 5) is 8.10. The SMILES string of the molecule is CCOC1(c2nc(=S)c(Br)c(CC)[nH]2)CCCCCC1. The Labute approximate surface area is 134 Å². The van der Waals surface area contributed by atoms with E-state index in [9.17, 15) is 0 Å². The van der Waals surface area contributed by atoms with Crippen molar-refractivity contribution >= 4 is 28.1 Å². The van der Waals surface area contributed by atoms with E-state index in [1.54, 1.807) is 0 Å². The number of hydrogen-bond donors (Lipinski definition) is 1. The Morgan fingerprint density at radius 3 is 2.45 bits per heavy atom. The topological polar surface area (TPSA) is 37.9 Å². The lowest BCUT2D eigenvalue weighted by Gasteiger charge is -2.32. The molecule has 3 nitrogen and oxygen atoms in total. The molecule has 5 heteroatoms. The number of ether oxygens (including phenoxy) is 1. The number of H-pyrrole nitrogens is 1. The van der Waals surface area contributed by atoms with E-state index in [1.807, 2.05) is 0 Å². The van der Waals surface area contributed by atoms with E-state index in [0.717, 1.165) is 35.3 Å². The minimum Gasteiger partial charge on any atom is -0.367 e. The highest BCUT2D eigenvalue weighted by Crippen LogP contribution is 2.38. The van der Waals surface area contributed by atoms with Crippen LogP contribution in [0, 0.1) is 4.64 Å². The largest absolute Gasteiger partial charge is 0.367 e. The number of aryl methyl sites for hydroxylation is 1. The van der Waals surface area contributed by atoms with Gasteiger partial charge in [0, 0.05) is 12.3 Å². The molecule has 0 aromatic carbocycles. The highest BCUT2D eigenvalue weighted by Gasteiger charge is 2.36. The number of rotatable bonds is 4. The van der Waals surface area contributed by atoms with Crippen molar-refractivity contribution in [2.24, 2.45) is 0 Å². The van der Waals surface area contributed by atoms with Gasteiger partial charge in [-0.15, -0.1) is 0 Å². The summed E-state index contributed by atoms with van der Waals surface area (Å²) in [6, 6.07) is 0. The van der Waals surface area contributed by atoms with Crippen molar-refractivity contribution in [2.45, 2.75) is 64.4 Å². The molecule has 1 heterocycles. The zero-order chi connectivity index (χ0) is 14.6. The molecule has 0 radical (unpaired) electrons. The lowest BCUT2D eigenvalue weighted by molar-refractivity contribution is -0.0626. The fraction of sp³-hybridized carbons (Fsp3) is 0.733. The third kappa shape index (κ3) is 3.31. The first-order valence-electron chi connectivity index (χ1n) is 7.56. The van der Waals surface area contributed by atoms with Gasteiger partial charge in [-0.05, 0) is 42.1 Å². The van der Waals surface area contributed by atoms with Gasteiger partial charge in [-0.25, -0.2) is 4.98 Å². The summed E-state index contributed by atoms with van der Waals surface area (Å²) < 4.78 is 7.73. The molecule has 1 aliphatic carbocycles. The van der Waals surface area contributed by atoms with Crippen LogP contribution < -0.4 is 0 Å². The molecule has 1 fully saturated rings. The van der Waals surface area contributed by atoms with Crippen LogP contribution in [0.15, 0.2) is 4.47 Å². The van der Waals surface area contributed by atoms with E-state index in [0.29, 0.717) is 11.2 Å². The van der Waals surface area contributed by atoms with Gasteiger partial charge in [0.2, 0.25) is 0 Å². The standard InChI is InChI=1S/C15H23BrN2OS/c1-3-11-12(16)13(20)18-14(17-11)15(19-4-2)9-7-5-6-8-10-15/h3-10H2,1-2H3,(H,17,18,20). The van der Waals surface area contributed by atoms with Crippen molar-refractivity contribution < 1.29 is 4.74 Å². The van der Waals surface area contributed by atoms with E-state index in [2.05, 4.69) is 39.7 Å². The molecule has 1 N–H and O–H groups in total. The van der Waals surface area contributed by atoms with Crippen LogP contribution in [0.2, 0.25) is 0 Å². The number of aromatic amines is 1. The predicted molar refractivity (Wildman–Crippen MR) is 87.5 cm³/mol. The second kappa shape index (κ2) is 7.14. The smallest absolute Gasteiger partial charge is 0.144 e. The molecule has 1 aromatic heterocycles. The third-order valence-electron chi connectivity index (χ3n) is 4.05. The van der Waals surface area contributed by atoms with Crippen LogP contribution in [0.25, 0.3) is 0 Å². The summed E-state index contributed by atoms with van der Waals surface area (Å²) in [5.41, 5.74) is 0.840. The van der Waals surface area contributed by atoms with Crippen molar-refractivity contribution in [3.63, 3.8) is 0 Å². The molecule has 0 aliphatic heterocycles. The first-order valence-corrected chi connectivity index (χ1v) is 8.76. The van der Waals surface area contributed by atoms with Crippen LogP contribution in [-0.2, 0) is 16.8 Å². The molecular formula is C15H23BrN2OS. The average molecular weight is 359 g/mol. The van der Waals surface area contributed by atoms with Gasteiger partial charge in [0.1, 0.15) is 16.1 Å². The van der Waals surface area contributed by atoms with Gasteiger partial charge >= 0.3 is 0 Å². The first-order chi connectivity index (χ1) is 9.63. The van der Waals surface area contributed by atoms with Crippen molar-refractivity contribution in [1.29, 1.82) is 0 Å². The summed E-state index contributed by atoms with van der Waals surface area (Å²) in [6.45, 7) is 4.89. The number of aromatic nitrogens is 2. The molecule has 112 valence electrons. The Bertz CT molecular complexity index is 507. The zero-order valence-electron chi connectivity index (χ0n) is 12.3. The molecule has 1 aliphatic rings. The zero-order valence-corrected chi connectivity index (χ0v) is 14.7. The second-order valence-corrected chi connectivity index (χ2v) is 6.56. The van der Waals surface area contributed by atoms with Crippen LogP contribution in [0.4, 0.5) is 0 Å². The average Bonchev–Trinajstić information content (AvgIpc) is 2.68. The predicted octanol–water partition coefficient (Wildman–Crippen LogP) is 5.05. The fourth-order valence-electron chi connectivity index (χ4n) is 2.99. The molecule has 2 rings (SSSR count). The van der Waals surface area contributed by atoms with E-state index in [1.165, 1.54) is 25.7 Å². The van der Waals surface area contributed by atoms with E-state index >= 15 is 0 Å². The minimum atomic E-state index is -0.274. The highest BCUT2D eigenvalue weighted by atomic mass is 79.9. The van der Waals surface area contributed by atoms with Crippen molar-refractivity contribution in [2.75, 3.05) is 6.61 Å². The second-order valence-electron chi connectivity index (χ2n) is 5.38. The van der Waals surface area contributed by atoms with Gasteiger partial charge in [0.05, 0.1) is 4.47 Å². The Kier molecular flexibility index (Phi) is 5.75. The maximum atomic E-state index is 6.18. The van der Waals surface area contributed by atoms with E-state index in [-0.39, 0.29) is 5.60 Å². The monoisotopic (exact) mass is 358 g/mol. The Balaban J connectivity index is 2.48. The number of hydrogen-bond acceptors (Lipinski definition) is 3. The van der Waals surface area contributed by atoms with Crippen LogP contribution in [0.5, 0.6) is 0 Å². The molecule has 0 unspecified atom stereocenters. The maximum Gasteiger partial charge on any atom is 0.144 e. The lowest BCUT2D eigenvalue weighted by atomic mass is 9.93. The van der Waals surface area contributed by atoms with Gasteiger partial charge in [-0.3, -0.25) is 0 Å². The Hall–Kier alpha value is -0.260. The van der Waals surface area contributed by atoms with Crippen LogP contribution >= 0.6 is 28.1 Å². The summed E-state index contributed by atoms with van der Waals surface area (Å²) in [5.74, 6) is 0.923. The molecular weight excluding hydrogens is 336 g/mol. The van der Waals surface area contributed by atoms with E-state index < -0.39 is 0 Å². The highest BCUT2D eigenvalue weighted by molar-refractivity contribution is 9.10. The van der Waals surface area contributed by atoms with Crippen molar-refractivity contribution in [1.82, 2.24) is 9.97 Å². The normalized spacial score (nSPS) is 18.8. The van der Waals surface area contributed by atoms with Crippen molar-refractivity contribution in [3.05, 3.63) is 20.6 Å². The Morgan fingerprint density at radius 2 is 1.90 bits per heavy atom. The summed E-state index contributed by atoms with van der Waals surface area (Å²) in [5, 5.41) is 0. The summed E-state index contributed by atoms with van der Waals surface area (Å²) in [6.07, 6.45) is 7.93. The third-order valence-corrected chi connectivity index (χ3v) is 5.46. The van der Waals surface area contributed by atoms with Gasteiger partial charge < -0.3 is 9.72 Å². The fourth-order valence-corrected chi connectivity index (χ4v) is 3.67. The van der Waals surface area contributed by atoms with Gasteiger partial charge in [-0.2, -0.15) is 0 Å². The molecule has 0 amide bonds. The molecule has 1 aromatic rings. The lowest BCUT2D eigenvalue weighted by Crippen LogP contribution is -2.32. The molecule has 20 heavy (non-hydrogen) atoms. The number of nitrogens with one attached hydrogen (secondary N) is 1. The Morgan fingerprint density at radius 1 is 1.25 bits per heavy atom. The maximum absolute atomic E-state index is 6.18. The van der Waals surface area contributed by atoms with Gasteiger partial charge in [-0.1, -0.05) is 44.8 Å². The molecule has 0 bridgehead atoms. The van der Waals surface area contributed by atoms with Crippen LogP contribution in [-0.4, -0.2) is 16.6 Å². The number of nitrogens with zero attached hydrogens (tertiary/aromatic N) is 1. The minimum absolute atomic E-state index is 0.274. The molecule has 0 spiro atoms. The molecule has 1 saturated carbocycles. The van der Waals surface area contributed by atoms with Crippen molar-refractivity contribution in [3.8, 4) is 0 Å².